The molecule has 0 fully saturated rings. The molecule has 0 heterocycles. The topological polar surface area (TPSA) is 12.0 Å². The first-order valence-electron chi connectivity index (χ1n) is 6.45. The number of hydrogen-bond acceptors (Lipinski definition) is 1. The molecule has 0 amide bonds. The van der Waals surface area contributed by atoms with E-state index in [4.69, 9.17) is 0 Å². The lowest BCUT2D eigenvalue weighted by Gasteiger charge is -2.18. The van der Waals surface area contributed by atoms with Crippen LogP contribution < -0.4 is 5.32 Å². The first kappa shape index (κ1) is 15.7. The Bertz CT molecular complexity index is 586. The van der Waals surface area contributed by atoms with Crippen LogP contribution in [0.4, 0.5) is 4.39 Å². The molecule has 0 aliphatic carbocycles. The van der Waals surface area contributed by atoms with Crippen molar-refractivity contribution in [1.82, 2.24) is 5.32 Å². The van der Waals surface area contributed by atoms with Crippen LogP contribution >= 0.6 is 31.9 Å². The monoisotopic (exact) mass is 399 g/mol. The van der Waals surface area contributed by atoms with Crippen molar-refractivity contribution < 1.29 is 4.39 Å². The molecule has 0 radical (unpaired) electrons. The Labute approximate surface area is 135 Å². The largest absolute Gasteiger partial charge is 0.316 e. The zero-order valence-electron chi connectivity index (χ0n) is 11.2. The van der Waals surface area contributed by atoms with Gasteiger partial charge in [0.15, 0.2) is 0 Å². The van der Waals surface area contributed by atoms with E-state index >= 15 is 0 Å². The Balaban J connectivity index is 2.14. The van der Waals surface area contributed by atoms with Gasteiger partial charge in [0.25, 0.3) is 0 Å². The lowest BCUT2D eigenvalue weighted by molar-refractivity contribution is 0.550. The Morgan fingerprint density at radius 1 is 1.00 bits per heavy atom. The van der Waals surface area contributed by atoms with Gasteiger partial charge in [-0.25, -0.2) is 4.39 Å². The van der Waals surface area contributed by atoms with Crippen molar-refractivity contribution in [2.75, 3.05) is 7.05 Å². The van der Waals surface area contributed by atoms with Crippen LogP contribution in [0.5, 0.6) is 0 Å². The van der Waals surface area contributed by atoms with E-state index in [2.05, 4.69) is 43.2 Å². The smallest absolute Gasteiger partial charge is 0.137 e. The lowest BCUT2D eigenvalue weighted by Crippen LogP contribution is -2.30. The molecule has 0 aromatic heterocycles. The van der Waals surface area contributed by atoms with Crippen molar-refractivity contribution in [3.8, 4) is 0 Å². The van der Waals surface area contributed by atoms with E-state index in [0.717, 1.165) is 22.9 Å². The summed E-state index contributed by atoms with van der Waals surface area (Å²) >= 11 is 6.89. The molecule has 106 valence electrons. The minimum absolute atomic E-state index is 0.210. The van der Waals surface area contributed by atoms with Gasteiger partial charge in [0, 0.05) is 10.5 Å². The van der Waals surface area contributed by atoms with Crippen LogP contribution in [0.25, 0.3) is 0 Å². The fraction of sp³-hybridized carbons (Fsp3) is 0.250. The molecule has 2 aromatic carbocycles. The molecule has 4 heteroatoms. The standard InChI is InChI=1S/C16H16Br2FN/c1-20-13(9-11-5-2-3-7-14(11)17)10-12-6-4-8-15(19)16(12)18/h2-8,13,20H,9-10H2,1H3. The third kappa shape index (κ3) is 3.90. The molecule has 0 saturated heterocycles. The van der Waals surface area contributed by atoms with Crippen molar-refractivity contribution in [3.05, 3.63) is 68.4 Å². The second-order valence-electron chi connectivity index (χ2n) is 4.70. The first-order chi connectivity index (χ1) is 9.61. The molecule has 0 bridgehead atoms. The van der Waals surface area contributed by atoms with Gasteiger partial charge < -0.3 is 5.32 Å². The Kier molecular flexibility index (Phi) is 5.75. The second kappa shape index (κ2) is 7.34. The van der Waals surface area contributed by atoms with Crippen LogP contribution in [0.15, 0.2) is 51.4 Å². The number of nitrogens with one attached hydrogen (secondary N) is 1. The van der Waals surface area contributed by atoms with Gasteiger partial charge in [-0.1, -0.05) is 46.3 Å². The lowest BCUT2D eigenvalue weighted by atomic mass is 9.99. The molecule has 1 unspecified atom stereocenters. The molecule has 0 aliphatic rings. The van der Waals surface area contributed by atoms with Crippen LogP contribution in [-0.4, -0.2) is 13.1 Å². The molecular weight excluding hydrogens is 385 g/mol. The summed E-state index contributed by atoms with van der Waals surface area (Å²) < 4.78 is 15.2. The van der Waals surface area contributed by atoms with Crippen LogP contribution in [0.1, 0.15) is 11.1 Å². The average Bonchev–Trinajstić information content (AvgIpc) is 2.45. The summed E-state index contributed by atoms with van der Waals surface area (Å²) in [7, 11) is 1.94. The fourth-order valence-electron chi connectivity index (χ4n) is 2.18. The highest BCUT2D eigenvalue weighted by molar-refractivity contribution is 9.10. The normalized spacial score (nSPS) is 12.4. The van der Waals surface area contributed by atoms with E-state index in [1.807, 2.05) is 31.3 Å². The maximum atomic E-state index is 13.5. The minimum atomic E-state index is -0.210. The summed E-state index contributed by atoms with van der Waals surface area (Å²) in [6, 6.07) is 13.6. The third-order valence-electron chi connectivity index (χ3n) is 3.33. The van der Waals surface area contributed by atoms with Crippen molar-refractivity contribution >= 4 is 31.9 Å². The van der Waals surface area contributed by atoms with Crippen molar-refractivity contribution in [2.24, 2.45) is 0 Å². The van der Waals surface area contributed by atoms with Crippen LogP contribution in [-0.2, 0) is 12.8 Å². The van der Waals surface area contributed by atoms with E-state index in [1.54, 1.807) is 6.07 Å². The maximum Gasteiger partial charge on any atom is 0.137 e. The van der Waals surface area contributed by atoms with Crippen molar-refractivity contribution in [2.45, 2.75) is 18.9 Å². The molecule has 1 N–H and O–H groups in total. The van der Waals surface area contributed by atoms with Gasteiger partial charge in [0.2, 0.25) is 0 Å². The van der Waals surface area contributed by atoms with Gasteiger partial charge in [-0.2, -0.15) is 0 Å². The molecular formula is C16H16Br2FN. The van der Waals surface area contributed by atoms with Gasteiger partial charge in [0.1, 0.15) is 5.82 Å². The summed E-state index contributed by atoms with van der Waals surface area (Å²) in [5.41, 5.74) is 2.23. The minimum Gasteiger partial charge on any atom is -0.316 e. The zero-order valence-corrected chi connectivity index (χ0v) is 14.3. The summed E-state index contributed by atoms with van der Waals surface area (Å²) in [4.78, 5) is 0. The first-order valence-corrected chi connectivity index (χ1v) is 8.04. The van der Waals surface area contributed by atoms with Gasteiger partial charge in [0.05, 0.1) is 4.47 Å². The average molecular weight is 401 g/mol. The van der Waals surface area contributed by atoms with E-state index in [1.165, 1.54) is 11.6 Å². The van der Waals surface area contributed by atoms with Crippen molar-refractivity contribution in [3.63, 3.8) is 0 Å². The number of benzene rings is 2. The summed E-state index contributed by atoms with van der Waals surface area (Å²) in [6.45, 7) is 0. The molecule has 0 saturated carbocycles. The van der Waals surface area contributed by atoms with Gasteiger partial charge in [-0.05, 0) is 59.1 Å². The van der Waals surface area contributed by atoms with Gasteiger partial charge in [-0.15, -0.1) is 0 Å². The molecule has 2 rings (SSSR count). The molecule has 0 spiro atoms. The Morgan fingerprint density at radius 2 is 1.65 bits per heavy atom. The third-order valence-corrected chi connectivity index (χ3v) is 4.99. The van der Waals surface area contributed by atoms with E-state index in [-0.39, 0.29) is 11.9 Å². The highest BCUT2D eigenvalue weighted by Gasteiger charge is 2.13. The summed E-state index contributed by atoms with van der Waals surface area (Å²) in [6.07, 6.45) is 1.66. The number of likely N-dealkylation sites (N-methyl/N-ethyl adjacent to an activating group) is 1. The fourth-order valence-corrected chi connectivity index (χ4v) is 3.05. The van der Waals surface area contributed by atoms with Crippen LogP contribution in [0.3, 0.4) is 0 Å². The van der Waals surface area contributed by atoms with Crippen LogP contribution in [0, 0.1) is 5.82 Å². The quantitative estimate of drug-likeness (QED) is 0.765. The molecule has 1 atom stereocenters. The van der Waals surface area contributed by atoms with Gasteiger partial charge in [-0.3, -0.25) is 0 Å². The van der Waals surface area contributed by atoms with Crippen LogP contribution in [0.2, 0.25) is 0 Å². The molecule has 0 aliphatic heterocycles. The predicted molar refractivity (Wildman–Crippen MR) is 88.5 cm³/mol. The highest BCUT2D eigenvalue weighted by atomic mass is 79.9. The molecule has 2 aromatic rings. The van der Waals surface area contributed by atoms with E-state index in [9.17, 15) is 4.39 Å². The SMILES string of the molecule is CNC(Cc1ccccc1Br)Cc1cccc(F)c1Br. The highest BCUT2D eigenvalue weighted by Crippen LogP contribution is 2.23. The number of rotatable bonds is 5. The molecule has 20 heavy (non-hydrogen) atoms. The van der Waals surface area contributed by atoms with Crippen molar-refractivity contribution in [1.29, 1.82) is 0 Å². The number of hydrogen-bond donors (Lipinski definition) is 1. The van der Waals surface area contributed by atoms with E-state index in [0.29, 0.717) is 4.47 Å². The maximum absolute atomic E-state index is 13.5. The Hall–Kier alpha value is -0.710. The van der Waals surface area contributed by atoms with Gasteiger partial charge >= 0.3 is 0 Å². The number of halogens is 3. The predicted octanol–water partition coefficient (Wildman–Crippen LogP) is 4.72. The second-order valence-corrected chi connectivity index (χ2v) is 6.35. The summed E-state index contributed by atoms with van der Waals surface area (Å²) in [5, 5.41) is 3.31. The zero-order chi connectivity index (χ0) is 14.5. The molecule has 1 nitrogen and oxygen atoms in total. The van der Waals surface area contributed by atoms with E-state index < -0.39 is 0 Å². The Morgan fingerprint density at radius 3 is 2.35 bits per heavy atom. The summed E-state index contributed by atoms with van der Waals surface area (Å²) in [5.74, 6) is -0.210.